The van der Waals surface area contributed by atoms with E-state index in [2.05, 4.69) is 35.1 Å². The summed E-state index contributed by atoms with van der Waals surface area (Å²) in [5, 5.41) is 8.38. The fourth-order valence-corrected chi connectivity index (χ4v) is 1.35. The second kappa shape index (κ2) is 2.59. The summed E-state index contributed by atoms with van der Waals surface area (Å²) >= 11 is 0. The number of hydrogen-bond donors (Lipinski definition) is 1. The molecule has 0 aliphatic rings. The fourth-order valence-electron chi connectivity index (χ4n) is 1.35. The Morgan fingerprint density at radius 1 is 1.50 bits per heavy atom. The van der Waals surface area contributed by atoms with E-state index in [1.807, 2.05) is 12.3 Å². The SMILES string of the molecule is CC(C)c1[nH]nc2[nH+]cccc12. The van der Waals surface area contributed by atoms with E-state index in [-0.39, 0.29) is 0 Å². The molecule has 0 atom stereocenters. The summed E-state index contributed by atoms with van der Waals surface area (Å²) < 4.78 is 0. The van der Waals surface area contributed by atoms with E-state index in [0.717, 1.165) is 5.65 Å². The van der Waals surface area contributed by atoms with Crippen LogP contribution in [0.15, 0.2) is 18.3 Å². The Labute approximate surface area is 70.8 Å². The summed E-state index contributed by atoms with van der Waals surface area (Å²) in [6.45, 7) is 4.31. The molecule has 3 heteroatoms. The first-order valence-corrected chi connectivity index (χ1v) is 4.13. The van der Waals surface area contributed by atoms with Crippen LogP contribution in [0.1, 0.15) is 25.5 Å². The monoisotopic (exact) mass is 162 g/mol. The highest BCUT2D eigenvalue weighted by Crippen LogP contribution is 2.18. The predicted octanol–water partition coefficient (Wildman–Crippen LogP) is 1.50. The third-order valence-electron chi connectivity index (χ3n) is 1.99. The van der Waals surface area contributed by atoms with Gasteiger partial charge in [0.05, 0.1) is 22.4 Å². The van der Waals surface area contributed by atoms with E-state index in [1.165, 1.54) is 11.1 Å². The summed E-state index contributed by atoms with van der Waals surface area (Å²) in [4.78, 5) is 3.08. The lowest BCUT2D eigenvalue weighted by Crippen LogP contribution is -2.00. The molecule has 0 fully saturated rings. The maximum absolute atomic E-state index is 4.16. The van der Waals surface area contributed by atoms with Crippen molar-refractivity contribution in [3.05, 3.63) is 24.0 Å². The molecule has 3 nitrogen and oxygen atoms in total. The van der Waals surface area contributed by atoms with Crippen molar-refractivity contribution in [1.82, 2.24) is 10.2 Å². The van der Waals surface area contributed by atoms with E-state index in [1.54, 1.807) is 0 Å². The average molecular weight is 162 g/mol. The van der Waals surface area contributed by atoms with Crippen LogP contribution in [0, 0.1) is 0 Å². The van der Waals surface area contributed by atoms with Crippen LogP contribution < -0.4 is 4.98 Å². The number of rotatable bonds is 1. The largest absolute Gasteiger partial charge is 0.355 e. The molecule has 2 aromatic heterocycles. The molecule has 2 heterocycles. The number of pyridine rings is 1. The van der Waals surface area contributed by atoms with Gasteiger partial charge in [-0.25, -0.2) is 4.98 Å². The van der Waals surface area contributed by atoms with E-state index in [0.29, 0.717) is 5.92 Å². The van der Waals surface area contributed by atoms with E-state index in [4.69, 9.17) is 0 Å². The lowest BCUT2D eigenvalue weighted by atomic mass is 10.1. The molecule has 0 aromatic carbocycles. The summed E-state index contributed by atoms with van der Waals surface area (Å²) in [6.07, 6.45) is 1.88. The minimum Gasteiger partial charge on any atom is -0.242 e. The highest BCUT2D eigenvalue weighted by atomic mass is 15.1. The van der Waals surface area contributed by atoms with Crippen LogP contribution in [-0.2, 0) is 0 Å². The van der Waals surface area contributed by atoms with Gasteiger partial charge in [0.2, 0.25) is 0 Å². The van der Waals surface area contributed by atoms with Gasteiger partial charge in [-0.15, -0.1) is 0 Å². The standard InChI is InChI=1S/C9H11N3/c1-6(2)8-7-4-3-5-10-9(7)12-11-8/h3-6H,1-2H3,(H,10,11,12)/p+1. The molecule has 0 aliphatic heterocycles. The summed E-state index contributed by atoms with van der Waals surface area (Å²) in [6, 6.07) is 4.06. The third kappa shape index (κ3) is 0.978. The molecular weight excluding hydrogens is 150 g/mol. The lowest BCUT2D eigenvalue weighted by Gasteiger charge is -1.96. The van der Waals surface area contributed by atoms with Crippen LogP contribution in [0.2, 0.25) is 0 Å². The van der Waals surface area contributed by atoms with Crippen LogP contribution in [-0.4, -0.2) is 10.2 Å². The smallest absolute Gasteiger partial charge is 0.242 e. The van der Waals surface area contributed by atoms with Gasteiger partial charge >= 0.3 is 5.65 Å². The predicted molar refractivity (Wildman–Crippen MR) is 46.7 cm³/mol. The minimum absolute atomic E-state index is 0.491. The van der Waals surface area contributed by atoms with Crippen molar-refractivity contribution in [3.63, 3.8) is 0 Å². The van der Waals surface area contributed by atoms with Crippen LogP contribution in [0.25, 0.3) is 11.0 Å². The van der Waals surface area contributed by atoms with Gasteiger partial charge in [0, 0.05) is 0 Å². The van der Waals surface area contributed by atoms with Crippen molar-refractivity contribution in [2.45, 2.75) is 19.8 Å². The summed E-state index contributed by atoms with van der Waals surface area (Å²) in [5.41, 5.74) is 2.13. The summed E-state index contributed by atoms with van der Waals surface area (Å²) in [7, 11) is 0. The molecule has 62 valence electrons. The number of fused-ring (bicyclic) bond motifs is 1. The van der Waals surface area contributed by atoms with Gasteiger partial charge in [0.15, 0.2) is 0 Å². The highest BCUT2D eigenvalue weighted by Gasteiger charge is 2.13. The quantitative estimate of drug-likeness (QED) is 0.678. The second-order valence-electron chi connectivity index (χ2n) is 3.22. The van der Waals surface area contributed by atoms with Crippen LogP contribution in [0.4, 0.5) is 0 Å². The van der Waals surface area contributed by atoms with Crippen molar-refractivity contribution in [3.8, 4) is 0 Å². The number of H-pyrrole nitrogens is 2. The van der Waals surface area contributed by atoms with Gasteiger partial charge in [-0.3, -0.25) is 0 Å². The highest BCUT2D eigenvalue weighted by molar-refractivity contribution is 5.74. The van der Waals surface area contributed by atoms with Gasteiger partial charge in [-0.05, 0) is 18.1 Å². The van der Waals surface area contributed by atoms with E-state index >= 15 is 0 Å². The molecule has 0 spiro atoms. The molecule has 0 unspecified atom stereocenters. The van der Waals surface area contributed by atoms with Crippen molar-refractivity contribution < 1.29 is 4.98 Å². The molecule has 0 amide bonds. The zero-order chi connectivity index (χ0) is 8.55. The van der Waals surface area contributed by atoms with Crippen molar-refractivity contribution in [2.24, 2.45) is 0 Å². The molecule has 0 saturated carbocycles. The number of hydrogen-bond acceptors (Lipinski definition) is 1. The first kappa shape index (κ1) is 7.28. The number of aromatic amines is 2. The Morgan fingerprint density at radius 3 is 3.08 bits per heavy atom. The van der Waals surface area contributed by atoms with E-state index < -0.39 is 0 Å². The zero-order valence-corrected chi connectivity index (χ0v) is 7.26. The first-order valence-electron chi connectivity index (χ1n) is 4.13. The van der Waals surface area contributed by atoms with Gasteiger partial charge in [-0.2, -0.15) is 5.10 Å². The van der Waals surface area contributed by atoms with E-state index in [9.17, 15) is 0 Å². The van der Waals surface area contributed by atoms with Crippen molar-refractivity contribution in [1.29, 1.82) is 0 Å². The molecule has 0 aliphatic carbocycles. The van der Waals surface area contributed by atoms with Crippen LogP contribution in [0.3, 0.4) is 0 Å². The van der Waals surface area contributed by atoms with Gasteiger partial charge in [0.1, 0.15) is 0 Å². The summed E-state index contributed by atoms with van der Waals surface area (Å²) in [5.74, 6) is 0.491. The Kier molecular flexibility index (Phi) is 1.57. The Hall–Kier alpha value is -1.38. The number of nitrogens with zero attached hydrogens (tertiary/aromatic N) is 1. The Morgan fingerprint density at radius 2 is 2.33 bits per heavy atom. The van der Waals surface area contributed by atoms with Crippen LogP contribution in [0.5, 0.6) is 0 Å². The number of nitrogens with one attached hydrogen (secondary N) is 2. The van der Waals surface area contributed by atoms with Gasteiger partial charge in [-0.1, -0.05) is 13.8 Å². The van der Waals surface area contributed by atoms with Gasteiger partial charge in [0.25, 0.3) is 0 Å². The molecule has 2 rings (SSSR count). The fraction of sp³-hybridized carbons (Fsp3) is 0.333. The average Bonchev–Trinajstić information content (AvgIpc) is 2.47. The van der Waals surface area contributed by atoms with Crippen molar-refractivity contribution in [2.75, 3.05) is 0 Å². The maximum atomic E-state index is 4.16. The Bertz CT molecular complexity index is 389. The molecule has 0 saturated heterocycles. The lowest BCUT2D eigenvalue weighted by molar-refractivity contribution is -0.347. The second-order valence-corrected chi connectivity index (χ2v) is 3.22. The normalized spacial score (nSPS) is 11.2. The molecule has 12 heavy (non-hydrogen) atoms. The van der Waals surface area contributed by atoms with Gasteiger partial charge < -0.3 is 0 Å². The molecule has 2 N–H and O–H groups in total. The minimum atomic E-state index is 0.491. The third-order valence-corrected chi connectivity index (χ3v) is 1.99. The molecule has 0 radical (unpaired) electrons. The van der Waals surface area contributed by atoms with Crippen molar-refractivity contribution >= 4 is 11.0 Å². The Balaban J connectivity index is 2.70. The van der Waals surface area contributed by atoms with Crippen LogP contribution >= 0.6 is 0 Å². The topological polar surface area (TPSA) is 42.8 Å². The molecule has 2 aromatic rings. The number of aromatic nitrogens is 3. The molecule has 0 bridgehead atoms. The zero-order valence-electron chi connectivity index (χ0n) is 7.26. The maximum Gasteiger partial charge on any atom is 0.355 e. The first-order chi connectivity index (χ1) is 5.79. The molecular formula is C9H12N3+.